The number of ether oxygens (including phenoxy) is 3. The second kappa shape index (κ2) is 6.15. The average Bonchev–Trinajstić information content (AvgIpc) is 3.31. The highest BCUT2D eigenvalue weighted by molar-refractivity contribution is 5.91. The molecule has 1 amide bonds. The summed E-state index contributed by atoms with van der Waals surface area (Å²) in [6.07, 6.45) is 7.54. The van der Waals surface area contributed by atoms with Crippen LogP contribution in [-0.2, 0) is 23.8 Å². The number of esters is 1. The van der Waals surface area contributed by atoms with Gasteiger partial charge in [0.2, 0.25) is 5.91 Å². The molecule has 6 heteroatoms. The Hall–Kier alpha value is -1.40. The zero-order valence-corrected chi connectivity index (χ0v) is 14.1. The van der Waals surface area contributed by atoms with Crippen molar-refractivity contribution < 1.29 is 23.8 Å². The molecule has 4 heterocycles. The first kappa shape index (κ1) is 16.1. The van der Waals surface area contributed by atoms with E-state index in [1.54, 1.807) is 0 Å². The molecule has 0 aromatic carbocycles. The lowest BCUT2D eigenvalue weighted by Gasteiger charge is -2.23. The molecule has 0 radical (unpaired) electrons. The van der Waals surface area contributed by atoms with Crippen molar-refractivity contribution in [2.75, 3.05) is 26.3 Å². The lowest BCUT2D eigenvalue weighted by molar-refractivity contribution is -0.154. The van der Waals surface area contributed by atoms with Gasteiger partial charge in [-0.1, -0.05) is 25.5 Å². The van der Waals surface area contributed by atoms with Crippen LogP contribution < -0.4 is 0 Å². The van der Waals surface area contributed by atoms with Gasteiger partial charge in [0, 0.05) is 13.2 Å². The van der Waals surface area contributed by atoms with Crippen LogP contribution in [0, 0.1) is 11.8 Å². The summed E-state index contributed by atoms with van der Waals surface area (Å²) in [5, 5.41) is 0. The SMILES string of the molecule is CCCCOC(=O)[C@@H]1[C@H]2C(=O)N(C[C@H]3CCCO3)C[C@]23C=C[C@H]1O3. The van der Waals surface area contributed by atoms with Crippen molar-refractivity contribution in [2.24, 2.45) is 11.8 Å². The van der Waals surface area contributed by atoms with Gasteiger partial charge in [-0.25, -0.2) is 0 Å². The van der Waals surface area contributed by atoms with Crippen LogP contribution in [0.1, 0.15) is 32.6 Å². The second-order valence-corrected chi connectivity index (χ2v) is 7.27. The predicted molar refractivity (Wildman–Crippen MR) is 85.1 cm³/mol. The van der Waals surface area contributed by atoms with Gasteiger partial charge in [0.15, 0.2) is 0 Å². The number of carbonyl (C=O) groups excluding carboxylic acids is 2. The van der Waals surface area contributed by atoms with Gasteiger partial charge in [-0.05, 0) is 19.3 Å². The van der Waals surface area contributed by atoms with E-state index in [1.165, 1.54) is 0 Å². The Morgan fingerprint density at radius 3 is 3.12 bits per heavy atom. The number of rotatable bonds is 6. The van der Waals surface area contributed by atoms with E-state index in [0.717, 1.165) is 32.3 Å². The summed E-state index contributed by atoms with van der Waals surface area (Å²) in [6.45, 7) is 4.34. The van der Waals surface area contributed by atoms with Gasteiger partial charge in [-0.2, -0.15) is 0 Å². The second-order valence-electron chi connectivity index (χ2n) is 7.27. The topological polar surface area (TPSA) is 65.1 Å². The Bertz CT molecular complexity index is 556. The lowest BCUT2D eigenvalue weighted by atomic mass is 9.77. The highest BCUT2D eigenvalue weighted by atomic mass is 16.6. The summed E-state index contributed by atoms with van der Waals surface area (Å²) in [6, 6.07) is 0. The van der Waals surface area contributed by atoms with Crippen LogP contribution in [0.25, 0.3) is 0 Å². The predicted octanol–water partition coefficient (Wildman–Crippen LogP) is 1.29. The van der Waals surface area contributed by atoms with Gasteiger partial charge in [0.25, 0.3) is 0 Å². The van der Waals surface area contributed by atoms with E-state index in [4.69, 9.17) is 14.2 Å². The fourth-order valence-corrected chi connectivity index (χ4v) is 4.45. The molecule has 3 fully saturated rings. The Kier molecular flexibility index (Phi) is 4.12. The summed E-state index contributed by atoms with van der Waals surface area (Å²) in [4.78, 5) is 27.3. The molecule has 4 aliphatic heterocycles. The van der Waals surface area contributed by atoms with Crippen LogP contribution >= 0.6 is 0 Å². The largest absolute Gasteiger partial charge is 0.465 e. The van der Waals surface area contributed by atoms with Crippen LogP contribution in [0.15, 0.2) is 12.2 Å². The van der Waals surface area contributed by atoms with E-state index >= 15 is 0 Å². The number of likely N-dealkylation sites (tertiary alicyclic amines) is 1. The first-order valence-corrected chi connectivity index (χ1v) is 9.09. The molecule has 4 aliphatic rings. The Labute approximate surface area is 142 Å². The van der Waals surface area contributed by atoms with Crippen molar-refractivity contribution in [3.8, 4) is 0 Å². The molecule has 0 aromatic heterocycles. The van der Waals surface area contributed by atoms with Crippen LogP contribution in [0.2, 0.25) is 0 Å². The minimum Gasteiger partial charge on any atom is -0.465 e. The maximum atomic E-state index is 13.0. The van der Waals surface area contributed by atoms with Gasteiger partial charge in [-0.3, -0.25) is 9.59 Å². The molecular weight excluding hydrogens is 310 g/mol. The van der Waals surface area contributed by atoms with Crippen molar-refractivity contribution in [1.82, 2.24) is 4.90 Å². The normalized spacial score (nSPS) is 39.7. The standard InChI is InChI=1S/C18H25NO5/c1-2-3-8-23-17(21)14-13-6-7-18(24-13)11-19(16(20)15(14)18)10-12-5-4-9-22-12/h6-7,12-15H,2-5,8-11H2,1H3/t12-,13-,14+,15+,18-/m1/s1. The van der Waals surface area contributed by atoms with Gasteiger partial charge >= 0.3 is 5.97 Å². The maximum Gasteiger partial charge on any atom is 0.312 e. The number of carbonyl (C=O) groups is 2. The van der Waals surface area contributed by atoms with Crippen molar-refractivity contribution >= 4 is 11.9 Å². The van der Waals surface area contributed by atoms with Gasteiger partial charge in [0.05, 0.1) is 31.3 Å². The fourth-order valence-electron chi connectivity index (χ4n) is 4.45. The Morgan fingerprint density at radius 1 is 1.50 bits per heavy atom. The van der Waals surface area contributed by atoms with E-state index in [-0.39, 0.29) is 24.1 Å². The molecule has 3 saturated heterocycles. The minimum atomic E-state index is -0.644. The summed E-state index contributed by atoms with van der Waals surface area (Å²) < 4.78 is 17.1. The molecular formula is C18H25NO5. The third-order valence-corrected chi connectivity index (χ3v) is 5.64. The first-order valence-electron chi connectivity index (χ1n) is 9.09. The number of hydrogen-bond acceptors (Lipinski definition) is 5. The molecule has 0 N–H and O–H groups in total. The summed E-state index contributed by atoms with van der Waals surface area (Å²) >= 11 is 0. The van der Waals surface area contributed by atoms with E-state index in [2.05, 4.69) is 6.92 Å². The van der Waals surface area contributed by atoms with E-state index in [1.807, 2.05) is 17.1 Å². The molecule has 1 spiro atoms. The lowest BCUT2D eigenvalue weighted by Crippen LogP contribution is -2.40. The fraction of sp³-hybridized carbons (Fsp3) is 0.778. The van der Waals surface area contributed by atoms with E-state index < -0.39 is 17.4 Å². The molecule has 5 atom stereocenters. The molecule has 24 heavy (non-hydrogen) atoms. The molecule has 0 saturated carbocycles. The van der Waals surface area contributed by atoms with Gasteiger partial charge in [0.1, 0.15) is 11.5 Å². The molecule has 132 valence electrons. The molecule has 0 aromatic rings. The van der Waals surface area contributed by atoms with Crippen LogP contribution in [0.5, 0.6) is 0 Å². The Balaban J connectivity index is 1.48. The number of amides is 1. The average molecular weight is 335 g/mol. The monoisotopic (exact) mass is 335 g/mol. The number of fused-ring (bicyclic) bond motifs is 1. The van der Waals surface area contributed by atoms with E-state index in [0.29, 0.717) is 19.7 Å². The first-order chi connectivity index (χ1) is 11.6. The number of hydrogen-bond donors (Lipinski definition) is 0. The molecule has 6 nitrogen and oxygen atoms in total. The van der Waals surface area contributed by atoms with Crippen LogP contribution in [0.4, 0.5) is 0 Å². The quantitative estimate of drug-likeness (QED) is 0.416. The van der Waals surface area contributed by atoms with Crippen LogP contribution in [-0.4, -0.2) is 60.9 Å². The zero-order chi connectivity index (χ0) is 16.7. The van der Waals surface area contributed by atoms with Gasteiger partial charge in [-0.15, -0.1) is 0 Å². The van der Waals surface area contributed by atoms with Crippen molar-refractivity contribution in [1.29, 1.82) is 0 Å². The highest BCUT2D eigenvalue weighted by Crippen LogP contribution is 2.52. The Morgan fingerprint density at radius 2 is 2.38 bits per heavy atom. The smallest absolute Gasteiger partial charge is 0.312 e. The summed E-state index contributed by atoms with van der Waals surface area (Å²) in [5.74, 6) is -1.23. The van der Waals surface area contributed by atoms with Crippen LogP contribution in [0.3, 0.4) is 0 Å². The molecule has 0 aliphatic carbocycles. The molecule has 2 bridgehead atoms. The zero-order valence-electron chi connectivity index (χ0n) is 14.1. The highest BCUT2D eigenvalue weighted by Gasteiger charge is 2.67. The number of nitrogens with zero attached hydrogens (tertiary/aromatic N) is 1. The third-order valence-electron chi connectivity index (χ3n) is 5.64. The maximum absolute atomic E-state index is 13.0. The molecule has 4 rings (SSSR count). The van der Waals surface area contributed by atoms with Crippen molar-refractivity contribution in [3.05, 3.63) is 12.2 Å². The van der Waals surface area contributed by atoms with Crippen molar-refractivity contribution in [2.45, 2.75) is 50.4 Å². The van der Waals surface area contributed by atoms with Crippen molar-refractivity contribution in [3.63, 3.8) is 0 Å². The van der Waals surface area contributed by atoms with E-state index in [9.17, 15) is 9.59 Å². The summed E-state index contributed by atoms with van der Waals surface area (Å²) in [7, 11) is 0. The third kappa shape index (κ3) is 2.47. The number of unbranched alkanes of at least 4 members (excludes halogenated alkanes) is 1. The summed E-state index contributed by atoms with van der Waals surface area (Å²) in [5.41, 5.74) is -0.644. The van der Waals surface area contributed by atoms with Gasteiger partial charge < -0.3 is 19.1 Å². The minimum absolute atomic E-state index is 0.00907. The molecule has 0 unspecified atom stereocenters.